The second kappa shape index (κ2) is 5.88. The molecule has 2 aliphatic rings. The van der Waals surface area contributed by atoms with Gasteiger partial charge in [0.05, 0.1) is 24.5 Å². The number of aromatic nitrogens is 2. The molecule has 6 nitrogen and oxygen atoms in total. The summed E-state index contributed by atoms with van der Waals surface area (Å²) in [4.78, 5) is 29.4. The highest BCUT2D eigenvalue weighted by Gasteiger charge is 2.31. The monoisotopic (exact) mass is 331 g/mol. The number of thioether (sulfide) groups is 1. The molecule has 0 bridgehead atoms. The molecule has 0 aromatic carbocycles. The standard InChI is InChI=1S/C16H17N3O3S/c20-14(17-8-11-3-2-6-22-11)7-10-9-23-16-18-13-5-1-4-12(13)15(21)19(10)16/h2-3,6,10H,1,4-5,7-9H2,(H,17,20). The molecule has 7 heteroatoms. The van der Waals surface area contributed by atoms with Gasteiger partial charge in [-0.25, -0.2) is 4.98 Å². The summed E-state index contributed by atoms with van der Waals surface area (Å²) >= 11 is 1.57. The lowest BCUT2D eigenvalue weighted by atomic mass is 10.2. The van der Waals surface area contributed by atoms with Crippen LogP contribution in [0.5, 0.6) is 0 Å². The fraction of sp³-hybridized carbons (Fsp3) is 0.438. The molecule has 0 fully saturated rings. The van der Waals surface area contributed by atoms with Gasteiger partial charge in [-0.05, 0) is 31.4 Å². The minimum absolute atomic E-state index is 0.0522. The smallest absolute Gasteiger partial charge is 0.257 e. The van der Waals surface area contributed by atoms with Gasteiger partial charge in [0.15, 0.2) is 5.16 Å². The van der Waals surface area contributed by atoms with Gasteiger partial charge in [0, 0.05) is 17.7 Å². The van der Waals surface area contributed by atoms with Crippen LogP contribution in [-0.4, -0.2) is 21.2 Å². The highest BCUT2D eigenvalue weighted by atomic mass is 32.2. The van der Waals surface area contributed by atoms with E-state index in [0.29, 0.717) is 13.0 Å². The number of rotatable bonds is 4. The van der Waals surface area contributed by atoms with Gasteiger partial charge in [-0.15, -0.1) is 0 Å². The average molecular weight is 331 g/mol. The molecule has 2 aromatic heterocycles. The quantitative estimate of drug-likeness (QED) is 0.863. The molecule has 0 saturated carbocycles. The van der Waals surface area contributed by atoms with Crippen LogP contribution >= 0.6 is 11.8 Å². The van der Waals surface area contributed by atoms with E-state index >= 15 is 0 Å². The number of carbonyl (C=O) groups is 1. The summed E-state index contributed by atoms with van der Waals surface area (Å²) in [5.41, 5.74) is 1.85. The summed E-state index contributed by atoms with van der Waals surface area (Å²) in [6.07, 6.45) is 4.58. The number of furan rings is 1. The van der Waals surface area contributed by atoms with Crippen LogP contribution in [0.4, 0.5) is 0 Å². The van der Waals surface area contributed by atoms with Gasteiger partial charge in [-0.1, -0.05) is 11.8 Å². The maximum Gasteiger partial charge on any atom is 0.257 e. The molecule has 3 heterocycles. The zero-order chi connectivity index (χ0) is 15.8. The van der Waals surface area contributed by atoms with E-state index in [2.05, 4.69) is 10.3 Å². The van der Waals surface area contributed by atoms with Crippen molar-refractivity contribution in [2.24, 2.45) is 0 Å². The van der Waals surface area contributed by atoms with Gasteiger partial charge in [0.25, 0.3) is 5.56 Å². The highest BCUT2D eigenvalue weighted by molar-refractivity contribution is 7.99. The van der Waals surface area contributed by atoms with Crippen LogP contribution in [-0.2, 0) is 24.2 Å². The summed E-state index contributed by atoms with van der Waals surface area (Å²) in [5.74, 6) is 1.36. The zero-order valence-corrected chi connectivity index (χ0v) is 13.4. The molecule has 2 aromatic rings. The Hall–Kier alpha value is -2.02. The van der Waals surface area contributed by atoms with Gasteiger partial charge in [-0.2, -0.15) is 0 Å². The normalized spacial score (nSPS) is 18.7. The lowest BCUT2D eigenvalue weighted by Gasteiger charge is -2.14. The molecule has 1 unspecified atom stereocenters. The van der Waals surface area contributed by atoms with Crippen molar-refractivity contribution in [3.05, 3.63) is 45.8 Å². The van der Waals surface area contributed by atoms with Gasteiger partial charge in [-0.3, -0.25) is 14.2 Å². The number of nitrogens with zero attached hydrogens (tertiary/aromatic N) is 2. The molecule has 0 saturated heterocycles. The van der Waals surface area contributed by atoms with Crippen LogP contribution in [0.3, 0.4) is 0 Å². The Kier molecular flexibility index (Phi) is 3.72. The van der Waals surface area contributed by atoms with E-state index in [-0.39, 0.29) is 17.5 Å². The van der Waals surface area contributed by atoms with E-state index in [1.807, 2.05) is 6.07 Å². The fourth-order valence-corrected chi connectivity index (χ4v) is 4.34. The molecule has 1 N–H and O–H groups in total. The Morgan fingerprint density at radius 2 is 2.39 bits per heavy atom. The molecule has 0 radical (unpaired) electrons. The number of aryl methyl sites for hydroxylation is 1. The molecule has 4 rings (SSSR count). The van der Waals surface area contributed by atoms with Crippen LogP contribution in [0, 0.1) is 0 Å². The first kappa shape index (κ1) is 14.6. The third-order valence-electron chi connectivity index (χ3n) is 4.33. The second-order valence-corrected chi connectivity index (χ2v) is 6.86. The molecule has 1 aliphatic heterocycles. The maximum absolute atomic E-state index is 12.7. The highest BCUT2D eigenvalue weighted by Crippen LogP contribution is 2.33. The molecule has 120 valence electrons. The Balaban J connectivity index is 1.48. The fourth-order valence-electron chi connectivity index (χ4n) is 3.19. The number of nitrogens with one attached hydrogen (secondary N) is 1. The molecule has 23 heavy (non-hydrogen) atoms. The van der Waals surface area contributed by atoms with E-state index in [1.54, 1.807) is 28.7 Å². The lowest BCUT2D eigenvalue weighted by molar-refractivity contribution is -0.122. The third-order valence-corrected chi connectivity index (χ3v) is 5.43. The SMILES string of the molecule is O=C(CC1CSc2nc3c(c(=O)n21)CCC3)NCc1ccco1. The molecule has 1 amide bonds. The minimum atomic E-state index is -0.113. The number of hydrogen-bond acceptors (Lipinski definition) is 5. The Morgan fingerprint density at radius 3 is 3.22 bits per heavy atom. The Bertz CT molecular complexity index is 798. The van der Waals surface area contributed by atoms with Crippen molar-refractivity contribution in [1.29, 1.82) is 0 Å². The van der Waals surface area contributed by atoms with Gasteiger partial charge in [0.1, 0.15) is 5.76 Å². The summed E-state index contributed by atoms with van der Waals surface area (Å²) in [6.45, 7) is 0.371. The average Bonchev–Trinajstić information content (AvgIpc) is 3.26. The van der Waals surface area contributed by atoms with E-state index in [9.17, 15) is 9.59 Å². The molecule has 1 aliphatic carbocycles. The third kappa shape index (κ3) is 2.69. The maximum atomic E-state index is 12.7. The van der Waals surface area contributed by atoms with Crippen LogP contribution in [0.1, 0.15) is 35.9 Å². The topological polar surface area (TPSA) is 77.1 Å². The first-order chi connectivity index (χ1) is 11.2. The van der Waals surface area contributed by atoms with Gasteiger partial charge in [0.2, 0.25) is 5.91 Å². The molecular formula is C16H17N3O3S. The summed E-state index contributed by atoms with van der Waals surface area (Å²) in [5, 5.41) is 3.60. The van der Waals surface area contributed by atoms with Crippen LogP contribution in [0.25, 0.3) is 0 Å². The van der Waals surface area contributed by atoms with E-state index in [0.717, 1.165) is 47.2 Å². The number of carbonyl (C=O) groups excluding carboxylic acids is 1. The van der Waals surface area contributed by atoms with Crippen molar-refractivity contribution in [2.45, 2.75) is 43.4 Å². The van der Waals surface area contributed by atoms with Crippen molar-refractivity contribution in [1.82, 2.24) is 14.9 Å². The van der Waals surface area contributed by atoms with Crippen LogP contribution in [0.15, 0.2) is 32.8 Å². The largest absolute Gasteiger partial charge is 0.467 e. The van der Waals surface area contributed by atoms with Crippen molar-refractivity contribution >= 4 is 17.7 Å². The summed E-state index contributed by atoms with van der Waals surface area (Å²) < 4.78 is 6.92. The van der Waals surface area contributed by atoms with E-state index < -0.39 is 0 Å². The van der Waals surface area contributed by atoms with Gasteiger partial charge >= 0.3 is 0 Å². The van der Waals surface area contributed by atoms with Crippen molar-refractivity contribution in [3.8, 4) is 0 Å². The van der Waals surface area contributed by atoms with Crippen molar-refractivity contribution in [2.75, 3.05) is 5.75 Å². The number of hydrogen-bond donors (Lipinski definition) is 1. The van der Waals surface area contributed by atoms with Crippen LogP contribution in [0.2, 0.25) is 0 Å². The molecular weight excluding hydrogens is 314 g/mol. The van der Waals surface area contributed by atoms with Crippen molar-refractivity contribution < 1.29 is 9.21 Å². The first-order valence-electron chi connectivity index (χ1n) is 7.78. The lowest BCUT2D eigenvalue weighted by Crippen LogP contribution is -2.32. The number of amides is 1. The predicted octanol–water partition coefficient (Wildman–Crippen LogP) is 1.68. The van der Waals surface area contributed by atoms with Crippen molar-refractivity contribution in [3.63, 3.8) is 0 Å². The Morgan fingerprint density at radius 1 is 1.48 bits per heavy atom. The Labute approximate surface area is 137 Å². The molecule has 0 spiro atoms. The first-order valence-corrected chi connectivity index (χ1v) is 8.77. The predicted molar refractivity (Wildman–Crippen MR) is 85.5 cm³/mol. The summed E-state index contributed by atoms with van der Waals surface area (Å²) in [7, 11) is 0. The second-order valence-electron chi connectivity index (χ2n) is 5.87. The van der Waals surface area contributed by atoms with Gasteiger partial charge < -0.3 is 9.73 Å². The summed E-state index contributed by atoms with van der Waals surface area (Å²) in [6, 6.07) is 3.49. The molecule has 1 atom stereocenters. The zero-order valence-electron chi connectivity index (χ0n) is 12.6. The number of fused-ring (bicyclic) bond motifs is 2. The minimum Gasteiger partial charge on any atom is -0.467 e. The van der Waals surface area contributed by atoms with Crippen LogP contribution < -0.4 is 10.9 Å². The van der Waals surface area contributed by atoms with E-state index in [1.165, 1.54) is 0 Å². The van der Waals surface area contributed by atoms with E-state index in [4.69, 9.17) is 4.42 Å².